The maximum absolute atomic E-state index is 14.4. The lowest BCUT2D eigenvalue weighted by Crippen LogP contribution is -2.63. The highest BCUT2D eigenvalue weighted by atomic mass is 33.1. The van der Waals surface area contributed by atoms with Crippen LogP contribution in [0.5, 0.6) is 5.75 Å². The highest BCUT2D eigenvalue weighted by Crippen LogP contribution is 2.26. The van der Waals surface area contributed by atoms with Gasteiger partial charge in [-0.15, -0.1) is 0 Å². The third kappa shape index (κ3) is 17.5. The van der Waals surface area contributed by atoms with Gasteiger partial charge < -0.3 is 69.5 Å². The number of likely N-dealkylation sites (tertiary alicyclic amines) is 1. The SMILES string of the molecule is CC[C@H](C)[C@@H]1NC(=O)[C@@H](Cc2ccc(O)cc2)NC(=O)[C@H](N)CSSC[C@@H](C(=O)N2CCC[C@@H]2C(=O)N[C@@H](CC(C)C)C(=O)NCC(N)=O)NC(=O)[C@H](CC(N)=O)NC(=O)[C@@H]([C@H](C)O)NC1=O. The Kier molecular flexibility index (Phi) is 22.1. The van der Waals surface area contributed by atoms with Gasteiger partial charge in [0.25, 0.3) is 0 Å². The number of phenolic OH excluding ortho intramolecular Hbond substituents is 1. The first kappa shape index (κ1) is 55.7. The third-order valence-electron chi connectivity index (χ3n) is 11.0. The zero-order valence-corrected chi connectivity index (χ0v) is 39.8. The molecule has 67 heavy (non-hydrogen) atoms. The van der Waals surface area contributed by atoms with Crippen molar-refractivity contribution in [3.05, 3.63) is 29.8 Å². The van der Waals surface area contributed by atoms with Gasteiger partial charge in [0, 0.05) is 24.5 Å². The van der Waals surface area contributed by atoms with Crippen LogP contribution in [0.3, 0.4) is 0 Å². The van der Waals surface area contributed by atoms with Crippen LogP contribution in [0.15, 0.2) is 24.3 Å². The fourth-order valence-electron chi connectivity index (χ4n) is 7.16. The van der Waals surface area contributed by atoms with Gasteiger partial charge in [-0.05, 0) is 55.7 Å². The van der Waals surface area contributed by atoms with E-state index in [-0.39, 0.29) is 49.0 Å². The van der Waals surface area contributed by atoms with Gasteiger partial charge in [0.15, 0.2) is 0 Å². The van der Waals surface area contributed by atoms with Gasteiger partial charge in [0.05, 0.1) is 25.1 Å². The second-order valence-corrected chi connectivity index (χ2v) is 19.6. The minimum Gasteiger partial charge on any atom is -0.508 e. The minimum atomic E-state index is -1.76. The molecule has 372 valence electrons. The smallest absolute Gasteiger partial charge is 0.246 e. The molecule has 15 N–H and O–H groups in total. The van der Waals surface area contributed by atoms with Crippen molar-refractivity contribution in [3.8, 4) is 5.75 Å². The largest absolute Gasteiger partial charge is 0.508 e. The summed E-state index contributed by atoms with van der Waals surface area (Å²) >= 11 is 0. The van der Waals surface area contributed by atoms with E-state index >= 15 is 0 Å². The summed E-state index contributed by atoms with van der Waals surface area (Å²) in [7, 11) is 2.06. The van der Waals surface area contributed by atoms with E-state index in [9.17, 15) is 58.2 Å². The normalized spacial score (nSPS) is 25.2. The molecule has 10 amide bonds. The van der Waals surface area contributed by atoms with Crippen LogP contribution in [0.4, 0.5) is 0 Å². The summed E-state index contributed by atoms with van der Waals surface area (Å²) in [6, 6.07) is -5.16. The first-order valence-corrected chi connectivity index (χ1v) is 24.4. The lowest BCUT2D eigenvalue weighted by atomic mass is 9.96. The van der Waals surface area contributed by atoms with E-state index in [1.54, 1.807) is 26.0 Å². The van der Waals surface area contributed by atoms with E-state index in [4.69, 9.17) is 17.2 Å². The summed E-state index contributed by atoms with van der Waals surface area (Å²) in [4.78, 5) is 135. The number of nitrogens with two attached hydrogens (primary N) is 3. The monoisotopic (exact) mass is 979 g/mol. The van der Waals surface area contributed by atoms with Gasteiger partial charge in [0.1, 0.15) is 48.0 Å². The molecule has 1 aromatic carbocycles. The molecule has 0 aromatic heterocycles. The molecule has 23 nitrogen and oxygen atoms in total. The van der Waals surface area contributed by atoms with Crippen molar-refractivity contribution in [3.63, 3.8) is 0 Å². The molecule has 0 aliphatic carbocycles. The molecule has 0 radical (unpaired) electrons. The molecule has 2 saturated heterocycles. The second-order valence-electron chi connectivity index (χ2n) is 17.1. The molecule has 1 aromatic rings. The van der Waals surface area contributed by atoms with Crippen LogP contribution in [0.2, 0.25) is 0 Å². The van der Waals surface area contributed by atoms with Crippen molar-refractivity contribution in [2.24, 2.45) is 29.0 Å². The number of aromatic hydroxyl groups is 1. The molecule has 3 rings (SSSR count). The Morgan fingerprint density at radius 1 is 0.806 bits per heavy atom. The molecular formula is C42H65N11O12S2. The molecule has 0 unspecified atom stereocenters. The topological polar surface area (TPSA) is 377 Å². The van der Waals surface area contributed by atoms with Crippen LogP contribution in [0.25, 0.3) is 0 Å². The molecule has 2 aliphatic heterocycles. The second kappa shape index (κ2) is 26.6. The zero-order valence-electron chi connectivity index (χ0n) is 38.2. The van der Waals surface area contributed by atoms with Crippen molar-refractivity contribution in [2.75, 3.05) is 24.6 Å². The molecule has 2 fully saturated rings. The number of hydrogen-bond donors (Lipinski definition) is 12. The van der Waals surface area contributed by atoms with Crippen LogP contribution in [0.1, 0.15) is 72.3 Å². The molecule has 10 atom stereocenters. The van der Waals surface area contributed by atoms with E-state index in [2.05, 4.69) is 37.2 Å². The number of carbonyl (C=O) groups excluding carboxylic acids is 10. The Morgan fingerprint density at radius 3 is 2.00 bits per heavy atom. The van der Waals surface area contributed by atoms with Crippen LogP contribution >= 0.6 is 21.6 Å². The lowest BCUT2D eigenvalue weighted by Gasteiger charge is -2.31. The molecule has 0 bridgehead atoms. The fourth-order valence-corrected chi connectivity index (χ4v) is 9.44. The average Bonchev–Trinajstić information content (AvgIpc) is 3.76. The number of nitrogens with one attached hydrogen (secondary N) is 7. The maximum Gasteiger partial charge on any atom is 0.246 e. The summed E-state index contributed by atoms with van der Waals surface area (Å²) in [6.45, 7) is 7.80. The van der Waals surface area contributed by atoms with Gasteiger partial charge in [-0.25, -0.2) is 0 Å². The Morgan fingerprint density at radius 2 is 1.40 bits per heavy atom. The molecule has 0 saturated carbocycles. The summed E-state index contributed by atoms with van der Waals surface area (Å²) in [5.74, 6) is -9.56. The maximum atomic E-state index is 14.4. The quantitative estimate of drug-likeness (QED) is 0.0759. The van der Waals surface area contributed by atoms with Gasteiger partial charge in [0.2, 0.25) is 59.1 Å². The van der Waals surface area contributed by atoms with Gasteiger partial charge in [-0.3, -0.25) is 47.9 Å². The van der Waals surface area contributed by atoms with Crippen LogP contribution in [0, 0.1) is 11.8 Å². The van der Waals surface area contributed by atoms with E-state index in [1.165, 1.54) is 24.0 Å². The number of hydrogen-bond acceptors (Lipinski definition) is 15. The number of benzene rings is 1. The van der Waals surface area contributed by atoms with E-state index < -0.39 is 132 Å². The number of aliphatic hydroxyl groups is 1. The molecule has 0 spiro atoms. The van der Waals surface area contributed by atoms with E-state index in [1.807, 2.05) is 13.8 Å². The Bertz CT molecular complexity index is 1960. The lowest BCUT2D eigenvalue weighted by molar-refractivity contribution is -0.142. The first-order valence-electron chi connectivity index (χ1n) is 22.0. The molecule has 2 heterocycles. The van der Waals surface area contributed by atoms with Gasteiger partial charge in [-0.1, -0.05) is 67.8 Å². The van der Waals surface area contributed by atoms with E-state index in [0.29, 0.717) is 18.4 Å². The van der Waals surface area contributed by atoms with Crippen LogP contribution < -0.4 is 54.4 Å². The summed E-state index contributed by atoms with van der Waals surface area (Å²) in [6.07, 6.45) is -1.43. The fraction of sp³-hybridized carbons (Fsp3) is 0.619. The van der Waals surface area contributed by atoms with Crippen molar-refractivity contribution < 1.29 is 58.2 Å². The van der Waals surface area contributed by atoms with Crippen molar-refractivity contribution in [2.45, 2.75) is 128 Å². The Labute approximate surface area is 396 Å². The number of phenols is 1. The summed E-state index contributed by atoms with van der Waals surface area (Å²) < 4.78 is 0. The molecule has 25 heteroatoms. The third-order valence-corrected chi connectivity index (χ3v) is 13.5. The highest BCUT2D eigenvalue weighted by molar-refractivity contribution is 8.76. The predicted molar refractivity (Wildman–Crippen MR) is 248 cm³/mol. The number of rotatable bonds is 15. The van der Waals surface area contributed by atoms with E-state index in [0.717, 1.165) is 21.6 Å². The number of nitrogens with zero attached hydrogens (tertiary/aromatic N) is 1. The van der Waals surface area contributed by atoms with Gasteiger partial charge in [-0.2, -0.15) is 0 Å². The van der Waals surface area contributed by atoms with Crippen molar-refractivity contribution >= 4 is 80.7 Å². The number of amides is 10. The Balaban J connectivity index is 2.02. The zero-order chi connectivity index (χ0) is 50.1. The van der Waals surface area contributed by atoms with Crippen molar-refractivity contribution in [1.29, 1.82) is 0 Å². The average molecular weight is 980 g/mol. The number of carbonyl (C=O) groups is 10. The predicted octanol–water partition coefficient (Wildman–Crippen LogP) is -3.49. The number of primary amides is 2. The molecule has 2 aliphatic rings. The number of aliphatic hydroxyl groups excluding tert-OH is 1. The van der Waals surface area contributed by atoms with Crippen molar-refractivity contribution in [1.82, 2.24) is 42.1 Å². The summed E-state index contributed by atoms with van der Waals surface area (Å²) in [5.41, 5.74) is 17.5. The Hall–Kier alpha value is -5.66. The minimum absolute atomic E-state index is 0.0405. The van der Waals surface area contributed by atoms with Crippen LogP contribution in [-0.2, 0) is 54.4 Å². The summed E-state index contributed by atoms with van der Waals surface area (Å²) in [5, 5.41) is 38.2. The highest BCUT2D eigenvalue weighted by Gasteiger charge is 2.41. The standard InChI is InChI=1S/C42H65N11O12S2/c1-6-21(4)33-40(63)52-34(22(5)54)41(64)49-28(16-31(44)56)37(60)50-29(19-67-66-18-25(43)35(58)47-27(38(61)51-33)15-23-9-11-24(55)12-10-23)42(65)53-13-7-8-30(53)39(62)48-26(14-20(2)3)36(59)46-17-32(45)57/h9-12,20-22,25-30,33-34,54-55H,6-8,13-19,43H2,1-5H3,(H2,44,56)(H2,45,57)(H,46,59)(H,47,58)(H,48,62)(H,49,64)(H,50,60)(H,51,61)(H,52,63)/t21-,22-,25+,26-,27+,28-,29-,30+,33-,34+/m0/s1. The first-order chi connectivity index (χ1) is 31.5. The van der Waals surface area contributed by atoms with Crippen LogP contribution in [-0.4, -0.2) is 153 Å². The van der Waals surface area contributed by atoms with Gasteiger partial charge >= 0.3 is 0 Å². The molecular weight excluding hydrogens is 915 g/mol.